The molecule has 0 bridgehead atoms. The minimum atomic E-state index is -0.464. The third kappa shape index (κ3) is 3.02. The van der Waals surface area contributed by atoms with Gasteiger partial charge in [-0.05, 0) is 52.7 Å². The van der Waals surface area contributed by atoms with Crippen molar-refractivity contribution >= 4 is 27.5 Å². The Balaban J connectivity index is 1.76. The largest absolute Gasteiger partial charge is 0.338 e. The number of likely N-dealkylation sites (tertiary alicyclic amines) is 1. The van der Waals surface area contributed by atoms with Crippen LogP contribution < -0.4 is 0 Å². The van der Waals surface area contributed by atoms with Crippen LogP contribution in [0.25, 0.3) is 0 Å². The number of nitro groups is 1. The van der Waals surface area contributed by atoms with Crippen molar-refractivity contribution in [3.05, 3.63) is 38.3 Å². The molecule has 1 saturated heterocycles. The van der Waals surface area contributed by atoms with E-state index in [0.29, 0.717) is 16.0 Å². The summed E-state index contributed by atoms with van der Waals surface area (Å²) in [5, 5.41) is 11.0. The van der Waals surface area contributed by atoms with E-state index >= 15 is 0 Å². The third-order valence-electron chi connectivity index (χ3n) is 4.97. The van der Waals surface area contributed by atoms with E-state index in [-0.39, 0.29) is 11.6 Å². The molecule has 5 nitrogen and oxygen atoms in total. The Morgan fingerprint density at radius 3 is 2.68 bits per heavy atom. The van der Waals surface area contributed by atoms with Gasteiger partial charge in [-0.1, -0.05) is 19.3 Å². The van der Waals surface area contributed by atoms with Gasteiger partial charge in [0.1, 0.15) is 0 Å². The minimum absolute atomic E-state index is 0.0570. The highest BCUT2D eigenvalue weighted by molar-refractivity contribution is 9.10. The Morgan fingerprint density at radius 1 is 1.23 bits per heavy atom. The van der Waals surface area contributed by atoms with Gasteiger partial charge in [-0.3, -0.25) is 14.9 Å². The van der Waals surface area contributed by atoms with Gasteiger partial charge in [0.2, 0.25) is 0 Å². The van der Waals surface area contributed by atoms with E-state index in [2.05, 4.69) is 15.9 Å². The molecule has 1 saturated carbocycles. The molecule has 0 N–H and O–H groups in total. The Hall–Kier alpha value is -1.43. The van der Waals surface area contributed by atoms with Gasteiger partial charge in [0.25, 0.3) is 11.6 Å². The average molecular weight is 367 g/mol. The van der Waals surface area contributed by atoms with Gasteiger partial charge in [-0.25, -0.2) is 0 Å². The first kappa shape index (κ1) is 15.5. The van der Waals surface area contributed by atoms with E-state index < -0.39 is 4.92 Å². The van der Waals surface area contributed by atoms with E-state index in [9.17, 15) is 14.9 Å². The molecule has 0 radical (unpaired) electrons. The summed E-state index contributed by atoms with van der Waals surface area (Å²) in [7, 11) is 0. The molecule has 1 aromatic rings. The average Bonchev–Trinajstić information content (AvgIpc) is 2.54. The number of hydrogen-bond donors (Lipinski definition) is 0. The molecule has 1 aromatic carbocycles. The molecule has 1 amide bonds. The maximum Gasteiger partial charge on any atom is 0.284 e. The number of benzene rings is 1. The lowest BCUT2D eigenvalue weighted by Crippen LogP contribution is -2.44. The molecule has 22 heavy (non-hydrogen) atoms. The summed E-state index contributed by atoms with van der Waals surface area (Å²) in [6, 6.07) is 4.62. The number of fused-ring (bicyclic) bond motifs is 1. The summed E-state index contributed by atoms with van der Waals surface area (Å²) in [6.07, 6.45) is 6.13. The molecule has 0 unspecified atom stereocenters. The molecular weight excluding hydrogens is 348 g/mol. The number of piperidine rings is 1. The van der Waals surface area contributed by atoms with Crippen LogP contribution >= 0.6 is 15.9 Å². The molecule has 118 valence electrons. The molecule has 1 aliphatic carbocycles. The van der Waals surface area contributed by atoms with Crippen LogP contribution in [0.5, 0.6) is 0 Å². The summed E-state index contributed by atoms with van der Waals surface area (Å²) in [4.78, 5) is 25.1. The first-order chi connectivity index (χ1) is 10.6. The fourth-order valence-electron chi connectivity index (χ4n) is 3.75. The number of rotatable bonds is 2. The first-order valence-corrected chi connectivity index (χ1v) is 8.59. The van der Waals surface area contributed by atoms with Gasteiger partial charge in [0, 0.05) is 24.7 Å². The fourth-order valence-corrected chi connectivity index (χ4v) is 4.14. The molecule has 0 spiro atoms. The van der Waals surface area contributed by atoms with Crippen molar-refractivity contribution in [2.24, 2.45) is 11.8 Å². The first-order valence-electron chi connectivity index (χ1n) is 7.79. The summed E-state index contributed by atoms with van der Waals surface area (Å²) >= 11 is 3.16. The zero-order valence-electron chi connectivity index (χ0n) is 12.3. The van der Waals surface area contributed by atoms with Gasteiger partial charge >= 0.3 is 0 Å². The molecule has 0 aromatic heterocycles. The summed E-state index contributed by atoms with van der Waals surface area (Å²) in [6.45, 7) is 1.57. The normalized spacial score (nSPS) is 24.7. The summed E-state index contributed by atoms with van der Waals surface area (Å²) in [5.41, 5.74) is 0.350. The molecule has 1 aliphatic heterocycles. The molecule has 2 aliphatic rings. The van der Waals surface area contributed by atoms with Crippen LogP contribution in [0.15, 0.2) is 22.7 Å². The highest BCUT2D eigenvalue weighted by Crippen LogP contribution is 2.36. The van der Waals surface area contributed by atoms with Crippen LogP contribution in [0.1, 0.15) is 42.5 Å². The van der Waals surface area contributed by atoms with Crippen LogP contribution in [0.3, 0.4) is 0 Å². The monoisotopic (exact) mass is 366 g/mol. The van der Waals surface area contributed by atoms with E-state index in [1.807, 2.05) is 4.90 Å². The van der Waals surface area contributed by atoms with Crippen molar-refractivity contribution < 1.29 is 9.72 Å². The van der Waals surface area contributed by atoms with Crippen LogP contribution in [0.2, 0.25) is 0 Å². The summed E-state index contributed by atoms with van der Waals surface area (Å²) in [5.74, 6) is 1.29. The third-order valence-corrected chi connectivity index (χ3v) is 5.64. The zero-order chi connectivity index (χ0) is 15.7. The minimum Gasteiger partial charge on any atom is -0.338 e. The number of nitro benzene ring substituents is 1. The molecule has 2 atom stereocenters. The SMILES string of the molecule is O=C(c1ccc(Br)c([N+](=O)[O-])c1)N1CC[C@@H]2CCCC[C@H]2C1. The molecule has 1 heterocycles. The number of nitrogens with zero attached hydrogens (tertiary/aromatic N) is 2. The van der Waals surface area contributed by atoms with E-state index in [1.54, 1.807) is 12.1 Å². The van der Waals surface area contributed by atoms with Crippen molar-refractivity contribution in [1.29, 1.82) is 0 Å². The maximum atomic E-state index is 12.6. The Morgan fingerprint density at radius 2 is 1.95 bits per heavy atom. The van der Waals surface area contributed by atoms with Gasteiger partial charge < -0.3 is 4.90 Å². The number of halogens is 1. The van der Waals surface area contributed by atoms with E-state index in [1.165, 1.54) is 31.7 Å². The number of carbonyl (C=O) groups excluding carboxylic acids is 1. The zero-order valence-corrected chi connectivity index (χ0v) is 13.9. The fraction of sp³-hybridized carbons (Fsp3) is 0.562. The van der Waals surface area contributed by atoms with Gasteiger partial charge in [-0.15, -0.1) is 0 Å². The van der Waals surface area contributed by atoms with Gasteiger partial charge in [0.15, 0.2) is 0 Å². The van der Waals surface area contributed by atoms with E-state index in [4.69, 9.17) is 0 Å². The van der Waals surface area contributed by atoms with Gasteiger partial charge in [-0.2, -0.15) is 0 Å². The number of amides is 1. The molecule has 6 heteroatoms. The topological polar surface area (TPSA) is 63.4 Å². The second kappa shape index (κ2) is 6.36. The molecule has 2 fully saturated rings. The van der Waals surface area contributed by atoms with Crippen molar-refractivity contribution in [2.75, 3.05) is 13.1 Å². The quantitative estimate of drug-likeness (QED) is 0.586. The van der Waals surface area contributed by atoms with Crippen LogP contribution in [-0.2, 0) is 0 Å². The molecule has 3 rings (SSSR count). The van der Waals surface area contributed by atoms with Crippen LogP contribution in [0, 0.1) is 22.0 Å². The van der Waals surface area contributed by atoms with Gasteiger partial charge in [0.05, 0.1) is 9.40 Å². The Labute approximate surface area is 138 Å². The number of carbonyl (C=O) groups is 1. The lowest BCUT2D eigenvalue weighted by atomic mass is 9.75. The van der Waals surface area contributed by atoms with Crippen molar-refractivity contribution in [2.45, 2.75) is 32.1 Å². The Bertz CT molecular complexity index is 605. The smallest absolute Gasteiger partial charge is 0.284 e. The lowest BCUT2D eigenvalue weighted by Gasteiger charge is -2.41. The maximum absolute atomic E-state index is 12.6. The lowest BCUT2D eigenvalue weighted by molar-refractivity contribution is -0.385. The standard InChI is InChI=1S/C16H19BrN2O3/c17-14-6-5-12(9-15(14)19(21)22)16(20)18-8-7-11-3-1-2-4-13(11)10-18/h5-6,9,11,13H,1-4,7-8,10H2/t11-,13-/m0/s1. The predicted octanol–water partition coefficient (Wildman–Crippen LogP) is 4.01. The highest BCUT2D eigenvalue weighted by Gasteiger charge is 2.33. The second-order valence-electron chi connectivity index (χ2n) is 6.27. The summed E-state index contributed by atoms with van der Waals surface area (Å²) < 4.78 is 0.403. The predicted molar refractivity (Wildman–Crippen MR) is 86.8 cm³/mol. The van der Waals surface area contributed by atoms with Crippen molar-refractivity contribution in [1.82, 2.24) is 4.90 Å². The molecular formula is C16H19BrN2O3. The van der Waals surface area contributed by atoms with E-state index in [0.717, 1.165) is 25.4 Å². The highest BCUT2D eigenvalue weighted by atomic mass is 79.9. The second-order valence-corrected chi connectivity index (χ2v) is 7.12. The van der Waals surface area contributed by atoms with Crippen molar-refractivity contribution in [3.63, 3.8) is 0 Å². The number of hydrogen-bond acceptors (Lipinski definition) is 3. The Kier molecular flexibility index (Phi) is 4.47. The van der Waals surface area contributed by atoms with Crippen molar-refractivity contribution in [3.8, 4) is 0 Å². The van der Waals surface area contributed by atoms with Crippen LogP contribution in [-0.4, -0.2) is 28.8 Å². The van der Waals surface area contributed by atoms with Crippen LogP contribution in [0.4, 0.5) is 5.69 Å².